The third-order valence-electron chi connectivity index (χ3n) is 4.70. The topological polar surface area (TPSA) is 46.0 Å². The monoisotopic (exact) mass is 333 g/mol. The fourth-order valence-corrected chi connectivity index (χ4v) is 3.43. The Bertz CT molecular complexity index is 784. The maximum Gasteiger partial charge on any atom is 0.0659 e. The zero-order chi connectivity index (χ0) is 16.9. The van der Waals surface area contributed by atoms with Gasteiger partial charge in [-0.15, -0.1) is 0 Å². The van der Waals surface area contributed by atoms with Gasteiger partial charge in [-0.25, -0.2) is 0 Å². The summed E-state index contributed by atoms with van der Waals surface area (Å²) in [5.74, 6) is 0. The van der Waals surface area contributed by atoms with Crippen molar-refractivity contribution < 1.29 is 0 Å². The summed E-state index contributed by atoms with van der Waals surface area (Å²) in [5, 5.41) is 8.04. The van der Waals surface area contributed by atoms with Gasteiger partial charge in [0.15, 0.2) is 0 Å². The van der Waals surface area contributed by atoms with Crippen molar-refractivity contribution in [3.05, 3.63) is 83.9 Å². The summed E-state index contributed by atoms with van der Waals surface area (Å²) in [5.41, 5.74) is 3.85. The van der Waals surface area contributed by atoms with Gasteiger partial charge in [0.25, 0.3) is 0 Å². The third kappa shape index (κ3) is 3.95. The van der Waals surface area contributed by atoms with Crippen LogP contribution in [0.5, 0.6) is 0 Å². The largest absolute Gasteiger partial charge is 0.314 e. The Morgan fingerprint density at radius 1 is 1.00 bits per heavy atom. The number of hydrogen-bond donors (Lipinski definition) is 1. The van der Waals surface area contributed by atoms with Gasteiger partial charge in [0.1, 0.15) is 0 Å². The zero-order valence-electron chi connectivity index (χ0n) is 14.3. The van der Waals surface area contributed by atoms with Gasteiger partial charge in [-0.3, -0.25) is 14.6 Å². The van der Waals surface area contributed by atoms with Crippen LogP contribution in [-0.4, -0.2) is 39.3 Å². The molecule has 0 bridgehead atoms. The van der Waals surface area contributed by atoms with E-state index in [1.165, 1.54) is 16.7 Å². The first-order chi connectivity index (χ1) is 12.4. The molecule has 128 valence electrons. The van der Waals surface area contributed by atoms with Crippen molar-refractivity contribution in [1.82, 2.24) is 25.0 Å². The van der Waals surface area contributed by atoms with Crippen LogP contribution in [0.15, 0.2) is 67.3 Å². The lowest BCUT2D eigenvalue weighted by Crippen LogP contribution is -2.45. The molecule has 1 aliphatic heterocycles. The summed E-state index contributed by atoms with van der Waals surface area (Å²) in [7, 11) is 0. The van der Waals surface area contributed by atoms with Crippen molar-refractivity contribution >= 4 is 0 Å². The summed E-state index contributed by atoms with van der Waals surface area (Å²) in [6.45, 7) is 4.78. The van der Waals surface area contributed by atoms with Gasteiger partial charge in [-0.1, -0.05) is 30.3 Å². The van der Waals surface area contributed by atoms with Crippen molar-refractivity contribution in [3.63, 3.8) is 0 Å². The van der Waals surface area contributed by atoms with Crippen LogP contribution in [0, 0.1) is 0 Å². The highest BCUT2D eigenvalue weighted by atomic mass is 15.3. The second-order valence-corrected chi connectivity index (χ2v) is 6.50. The Morgan fingerprint density at radius 2 is 1.84 bits per heavy atom. The molecule has 1 unspecified atom stereocenters. The lowest BCUT2D eigenvalue weighted by molar-refractivity contribution is 0.153. The van der Waals surface area contributed by atoms with E-state index in [1.54, 1.807) is 0 Å². The van der Waals surface area contributed by atoms with Crippen molar-refractivity contribution in [2.45, 2.75) is 19.1 Å². The molecule has 1 aromatic carbocycles. The average Bonchev–Trinajstić information content (AvgIpc) is 3.10. The number of hydrogen-bond acceptors (Lipinski definition) is 4. The maximum atomic E-state index is 4.54. The second kappa shape index (κ2) is 7.59. The van der Waals surface area contributed by atoms with Gasteiger partial charge < -0.3 is 5.32 Å². The number of nitrogens with one attached hydrogen (secondary N) is 1. The Morgan fingerprint density at radius 3 is 2.68 bits per heavy atom. The molecular formula is C20H23N5. The molecule has 3 aromatic rings. The molecule has 2 aromatic heterocycles. The van der Waals surface area contributed by atoms with E-state index in [0.717, 1.165) is 32.7 Å². The zero-order valence-corrected chi connectivity index (χ0v) is 14.3. The molecule has 0 aliphatic carbocycles. The smallest absolute Gasteiger partial charge is 0.0659 e. The molecule has 1 N–H and O–H groups in total. The molecule has 5 heteroatoms. The summed E-state index contributed by atoms with van der Waals surface area (Å²) in [4.78, 5) is 6.66. The highest BCUT2D eigenvalue weighted by Crippen LogP contribution is 2.23. The van der Waals surface area contributed by atoms with Crippen LogP contribution in [0.2, 0.25) is 0 Å². The third-order valence-corrected chi connectivity index (χ3v) is 4.70. The molecular weight excluding hydrogens is 310 g/mol. The van der Waals surface area contributed by atoms with Crippen molar-refractivity contribution in [3.8, 4) is 0 Å². The van der Waals surface area contributed by atoms with Crippen LogP contribution in [0.3, 0.4) is 0 Å². The van der Waals surface area contributed by atoms with E-state index in [-0.39, 0.29) is 0 Å². The second-order valence-electron chi connectivity index (χ2n) is 6.50. The first-order valence-electron chi connectivity index (χ1n) is 8.78. The fourth-order valence-electron chi connectivity index (χ4n) is 3.43. The maximum absolute atomic E-state index is 4.54. The highest BCUT2D eigenvalue weighted by Gasteiger charge is 2.24. The summed E-state index contributed by atoms with van der Waals surface area (Å²) < 4.78 is 2.02. The van der Waals surface area contributed by atoms with Gasteiger partial charge in [-0.05, 0) is 23.3 Å². The van der Waals surface area contributed by atoms with E-state index in [9.17, 15) is 0 Å². The molecule has 1 saturated heterocycles. The lowest BCUT2D eigenvalue weighted by Gasteiger charge is -2.36. The summed E-state index contributed by atoms with van der Waals surface area (Å²) in [6.07, 6.45) is 7.91. The molecule has 1 aliphatic rings. The predicted octanol–water partition coefficient (Wildman–Crippen LogP) is 2.47. The number of rotatable bonds is 5. The van der Waals surface area contributed by atoms with E-state index in [1.807, 2.05) is 29.3 Å². The van der Waals surface area contributed by atoms with Crippen LogP contribution in [0.1, 0.15) is 22.7 Å². The number of nitrogens with zero attached hydrogens (tertiary/aromatic N) is 4. The van der Waals surface area contributed by atoms with E-state index in [4.69, 9.17) is 0 Å². The standard InChI is InChI=1S/C20H23N5/c1-2-4-17(5-3-1)15-25-16-18(12-23-25)14-24-11-10-22-13-20(24)19-6-8-21-9-7-19/h1-9,12,16,20,22H,10-11,13-15H2. The van der Waals surface area contributed by atoms with Gasteiger partial charge in [0, 0.05) is 56.4 Å². The number of aromatic nitrogens is 3. The molecule has 3 heterocycles. The quantitative estimate of drug-likeness (QED) is 0.779. The SMILES string of the molecule is c1ccc(Cn2cc(CN3CCNCC3c3ccncc3)cn2)cc1. The van der Waals surface area contributed by atoms with Crippen LogP contribution in [0.4, 0.5) is 0 Å². The van der Waals surface area contributed by atoms with E-state index >= 15 is 0 Å². The molecule has 4 rings (SSSR count). The number of benzene rings is 1. The van der Waals surface area contributed by atoms with Crippen molar-refractivity contribution in [2.24, 2.45) is 0 Å². The van der Waals surface area contributed by atoms with Crippen LogP contribution >= 0.6 is 0 Å². The van der Waals surface area contributed by atoms with E-state index < -0.39 is 0 Å². The van der Waals surface area contributed by atoms with E-state index in [2.05, 4.69) is 62.9 Å². The Hall–Kier alpha value is -2.50. The minimum absolute atomic E-state index is 0.384. The van der Waals surface area contributed by atoms with Crippen molar-refractivity contribution in [2.75, 3.05) is 19.6 Å². The highest BCUT2D eigenvalue weighted by molar-refractivity contribution is 5.18. The average molecular weight is 333 g/mol. The van der Waals surface area contributed by atoms with Crippen LogP contribution in [-0.2, 0) is 13.1 Å². The van der Waals surface area contributed by atoms with Gasteiger partial charge >= 0.3 is 0 Å². The molecule has 5 nitrogen and oxygen atoms in total. The van der Waals surface area contributed by atoms with Crippen LogP contribution in [0.25, 0.3) is 0 Å². The lowest BCUT2D eigenvalue weighted by atomic mass is 10.0. The minimum Gasteiger partial charge on any atom is -0.314 e. The summed E-state index contributed by atoms with van der Waals surface area (Å²) in [6, 6.07) is 15.1. The molecule has 0 spiro atoms. The molecule has 0 radical (unpaired) electrons. The number of pyridine rings is 1. The van der Waals surface area contributed by atoms with Gasteiger partial charge in [0.05, 0.1) is 12.7 Å². The first-order valence-corrected chi connectivity index (χ1v) is 8.78. The Balaban J connectivity index is 1.45. The Kier molecular flexibility index (Phi) is 4.86. The molecule has 1 atom stereocenters. The summed E-state index contributed by atoms with van der Waals surface area (Å²) >= 11 is 0. The number of piperazine rings is 1. The van der Waals surface area contributed by atoms with E-state index in [0.29, 0.717) is 6.04 Å². The predicted molar refractivity (Wildman–Crippen MR) is 98.0 cm³/mol. The minimum atomic E-state index is 0.384. The molecule has 0 saturated carbocycles. The van der Waals surface area contributed by atoms with Crippen molar-refractivity contribution in [1.29, 1.82) is 0 Å². The van der Waals surface area contributed by atoms with Gasteiger partial charge in [-0.2, -0.15) is 5.10 Å². The molecule has 1 fully saturated rings. The van der Waals surface area contributed by atoms with Crippen LogP contribution < -0.4 is 5.32 Å². The molecule has 25 heavy (non-hydrogen) atoms. The first kappa shape index (κ1) is 16.0. The molecule has 0 amide bonds. The normalized spacial score (nSPS) is 18.3. The Labute approximate surface area is 148 Å². The van der Waals surface area contributed by atoms with Gasteiger partial charge in [0.2, 0.25) is 0 Å². The fraction of sp³-hybridized carbons (Fsp3) is 0.300.